The predicted molar refractivity (Wildman–Crippen MR) is 115 cm³/mol. The molecule has 8 heteroatoms. The summed E-state index contributed by atoms with van der Waals surface area (Å²) in [5, 5.41) is 4.09. The van der Waals surface area contributed by atoms with Crippen LogP contribution in [0.15, 0.2) is 41.3 Å². The zero-order valence-corrected chi connectivity index (χ0v) is 18.0. The number of nitrogens with zero attached hydrogens (tertiary/aromatic N) is 5. The summed E-state index contributed by atoms with van der Waals surface area (Å²) in [7, 11) is 1.65. The van der Waals surface area contributed by atoms with Crippen LogP contribution in [0.5, 0.6) is 5.75 Å². The largest absolute Gasteiger partial charge is 0.497 e. The summed E-state index contributed by atoms with van der Waals surface area (Å²) in [5.41, 5.74) is 2.79. The van der Waals surface area contributed by atoms with E-state index in [1.54, 1.807) is 19.6 Å². The molecule has 0 aliphatic carbocycles. The average molecular weight is 422 g/mol. The van der Waals surface area contributed by atoms with Crippen molar-refractivity contribution >= 4 is 5.91 Å². The number of hydrogen-bond donors (Lipinski definition) is 0. The van der Waals surface area contributed by atoms with Crippen molar-refractivity contribution in [1.82, 2.24) is 25.0 Å². The number of carbonyl (C=O) groups is 1. The molecule has 0 bridgehead atoms. The van der Waals surface area contributed by atoms with Gasteiger partial charge in [-0.1, -0.05) is 24.2 Å². The van der Waals surface area contributed by atoms with E-state index in [0.29, 0.717) is 37.5 Å². The summed E-state index contributed by atoms with van der Waals surface area (Å²) in [5.74, 6) is 2.21. The number of ether oxygens (including phenoxy) is 1. The number of aromatic nitrogens is 4. The van der Waals surface area contributed by atoms with E-state index in [9.17, 15) is 4.79 Å². The molecule has 31 heavy (non-hydrogen) atoms. The molecule has 1 aliphatic heterocycles. The minimum atomic E-state index is 0.125. The summed E-state index contributed by atoms with van der Waals surface area (Å²) in [6, 6.07) is 7.87. The normalized spacial score (nSPS) is 16.3. The van der Waals surface area contributed by atoms with Crippen LogP contribution in [0.3, 0.4) is 0 Å². The fraction of sp³-hybridized carbons (Fsp3) is 0.435. The Morgan fingerprint density at radius 2 is 2.13 bits per heavy atom. The Bertz CT molecular complexity index is 1020. The Morgan fingerprint density at radius 1 is 1.29 bits per heavy atom. The Balaban J connectivity index is 1.43. The summed E-state index contributed by atoms with van der Waals surface area (Å²) >= 11 is 0. The van der Waals surface area contributed by atoms with Gasteiger partial charge in [-0.15, -0.1) is 0 Å². The van der Waals surface area contributed by atoms with Crippen molar-refractivity contribution in [2.24, 2.45) is 0 Å². The first-order chi connectivity index (χ1) is 15.2. The molecule has 162 valence electrons. The van der Waals surface area contributed by atoms with Crippen LogP contribution in [-0.4, -0.2) is 51.1 Å². The van der Waals surface area contributed by atoms with Crippen molar-refractivity contribution in [2.75, 3.05) is 20.2 Å². The molecule has 8 nitrogen and oxygen atoms in total. The van der Waals surface area contributed by atoms with E-state index in [1.807, 2.05) is 36.1 Å². The minimum absolute atomic E-state index is 0.125. The fourth-order valence-electron chi connectivity index (χ4n) is 3.97. The number of piperidine rings is 1. The van der Waals surface area contributed by atoms with E-state index in [2.05, 4.69) is 20.1 Å². The molecule has 0 spiro atoms. The molecule has 0 unspecified atom stereocenters. The Hall–Kier alpha value is -3.29. The Morgan fingerprint density at radius 3 is 2.87 bits per heavy atom. The zero-order valence-electron chi connectivity index (χ0n) is 18.0. The van der Waals surface area contributed by atoms with Crippen LogP contribution in [0.1, 0.15) is 49.3 Å². The zero-order chi connectivity index (χ0) is 21.6. The van der Waals surface area contributed by atoms with Crippen molar-refractivity contribution < 1.29 is 14.1 Å². The number of likely N-dealkylation sites (tertiary alicyclic amines) is 1. The first-order valence-electron chi connectivity index (χ1n) is 10.7. The highest BCUT2D eigenvalue weighted by molar-refractivity contribution is 5.76. The molecule has 4 rings (SSSR count). The Labute approximate surface area is 181 Å². The fourth-order valence-corrected chi connectivity index (χ4v) is 3.97. The lowest BCUT2D eigenvalue weighted by molar-refractivity contribution is -0.132. The molecule has 1 aliphatic rings. The van der Waals surface area contributed by atoms with Crippen LogP contribution in [0, 0.1) is 0 Å². The van der Waals surface area contributed by atoms with Gasteiger partial charge in [0.05, 0.1) is 18.4 Å². The van der Waals surface area contributed by atoms with Crippen LogP contribution in [0.4, 0.5) is 0 Å². The van der Waals surface area contributed by atoms with E-state index < -0.39 is 0 Å². The minimum Gasteiger partial charge on any atom is -0.497 e. The van der Waals surface area contributed by atoms with Gasteiger partial charge in [0.2, 0.25) is 17.6 Å². The number of carbonyl (C=O) groups excluding carboxylic acids is 1. The first-order valence-corrected chi connectivity index (χ1v) is 10.7. The molecule has 0 N–H and O–H groups in total. The lowest BCUT2D eigenvalue weighted by Gasteiger charge is -2.33. The van der Waals surface area contributed by atoms with E-state index in [0.717, 1.165) is 42.0 Å². The van der Waals surface area contributed by atoms with Crippen molar-refractivity contribution in [3.63, 3.8) is 0 Å². The number of benzene rings is 1. The summed E-state index contributed by atoms with van der Waals surface area (Å²) < 4.78 is 10.5. The van der Waals surface area contributed by atoms with Crippen molar-refractivity contribution in [1.29, 1.82) is 0 Å². The molecule has 0 radical (unpaired) electrons. The number of rotatable bonds is 7. The van der Waals surface area contributed by atoms with Crippen molar-refractivity contribution in [2.45, 2.75) is 44.9 Å². The van der Waals surface area contributed by atoms with Gasteiger partial charge in [-0.25, -0.2) is 9.97 Å². The molecule has 3 heterocycles. The van der Waals surface area contributed by atoms with Crippen LogP contribution in [0.2, 0.25) is 0 Å². The quantitative estimate of drug-likeness (QED) is 0.577. The van der Waals surface area contributed by atoms with Gasteiger partial charge in [-0.2, -0.15) is 4.98 Å². The van der Waals surface area contributed by atoms with Crippen molar-refractivity contribution in [3.05, 3.63) is 53.9 Å². The molecular formula is C23H27N5O3. The molecule has 1 fully saturated rings. The van der Waals surface area contributed by atoms with Crippen LogP contribution in [-0.2, 0) is 17.6 Å². The standard InChI is InChI=1S/C23H27N5O3/c1-3-20-26-23(27-31-20)19-13-24-15-25-22(19)17-5-4-12-28(14-17)21(29)11-8-16-6-9-18(30-2)10-7-16/h6-7,9-10,13,15,17H,3-5,8,11-12,14H2,1-2H3/t17-/m0/s1. The first kappa shape index (κ1) is 21.0. The topological polar surface area (TPSA) is 94.2 Å². The average Bonchev–Trinajstić information content (AvgIpc) is 3.32. The monoisotopic (exact) mass is 421 g/mol. The van der Waals surface area contributed by atoms with Gasteiger partial charge in [0.25, 0.3) is 0 Å². The maximum atomic E-state index is 12.9. The maximum Gasteiger partial charge on any atom is 0.226 e. The maximum absolute atomic E-state index is 12.9. The smallest absolute Gasteiger partial charge is 0.226 e. The molecule has 0 saturated carbocycles. The molecule has 2 aromatic heterocycles. The lowest BCUT2D eigenvalue weighted by Crippen LogP contribution is -2.39. The Kier molecular flexibility index (Phi) is 6.54. The number of amides is 1. The van der Waals surface area contributed by atoms with Gasteiger partial charge in [0.1, 0.15) is 12.1 Å². The molecule has 1 atom stereocenters. The van der Waals surface area contributed by atoms with Crippen LogP contribution >= 0.6 is 0 Å². The summed E-state index contributed by atoms with van der Waals surface area (Å²) in [6.45, 7) is 3.39. The second kappa shape index (κ2) is 9.68. The molecule has 1 aromatic carbocycles. The SMILES string of the molecule is CCc1nc(-c2cncnc2[C@H]2CCCN(C(=O)CCc3ccc(OC)cc3)C2)no1. The lowest BCUT2D eigenvalue weighted by atomic mass is 9.91. The van der Waals surface area contributed by atoms with Gasteiger partial charge >= 0.3 is 0 Å². The second-order valence-electron chi connectivity index (χ2n) is 7.71. The highest BCUT2D eigenvalue weighted by Gasteiger charge is 2.28. The van der Waals surface area contributed by atoms with E-state index in [4.69, 9.17) is 9.26 Å². The van der Waals surface area contributed by atoms with E-state index >= 15 is 0 Å². The molecular weight excluding hydrogens is 394 g/mol. The third kappa shape index (κ3) is 4.90. The van der Waals surface area contributed by atoms with Gasteiger partial charge < -0.3 is 14.2 Å². The number of aryl methyl sites for hydroxylation is 2. The molecule has 1 amide bonds. The van der Waals surface area contributed by atoms with Gasteiger partial charge in [-0.05, 0) is 37.0 Å². The highest BCUT2D eigenvalue weighted by Crippen LogP contribution is 2.31. The third-order valence-electron chi connectivity index (χ3n) is 5.70. The number of hydrogen-bond acceptors (Lipinski definition) is 7. The summed E-state index contributed by atoms with van der Waals surface area (Å²) in [4.78, 5) is 28.0. The van der Waals surface area contributed by atoms with Crippen LogP contribution < -0.4 is 4.74 Å². The molecule has 3 aromatic rings. The van der Waals surface area contributed by atoms with Gasteiger partial charge in [0, 0.05) is 38.0 Å². The summed E-state index contributed by atoms with van der Waals surface area (Å²) in [6.07, 6.45) is 7.06. The van der Waals surface area contributed by atoms with Gasteiger partial charge in [0.15, 0.2) is 0 Å². The predicted octanol–water partition coefficient (Wildman–Crippen LogP) is 3.44. The van der Waals surface area contributed by atoms with Crippen LogP contribution in [0.25, 0.3) is 11.4 Å². The highest BCUT2D eigenvalue weighted by atomic mass is 16.5. The second-order valence-corrected chi connectivity index (χ2v) is 7.71. The van der Waals surface area contributed by atoms with E-state index in [-0.39, 0.29) is 11.8 Å². The van der Waals surface area contributed by atoms with Gasteiger partial charge in [-0.3, -0.25) is 4.79 Å². The van der Waals surface area contributed by atoms with E-state index in [1.165, 1.54) is 0 Å². The number of methoxy groups -OCH3 is 1. The third-order valence-corrected chi connectivity index (χ3v) is 5.70. The molecule has 1 saturated heterocycles. The van der Waals surface area contributed by atoms with Crippen molar-refractivity contribution in [3.8, 4) is 17.1 Å².